The predicted octanol–water partition coefficient (Wildman–Crippen LogP) is 5.89. The Kier molecular flexibility index (Phi) is 5.00. The third-order valence-corrected chi connectivity index (χ3v) is 6.95. The fourth-order valence-electron chi connectivity index (χ4n) is 5.16. The van der Waals surface area contributed by atoms with E-state index in [2.05, 4.69) is 31.2 Å². The van der Waals surface area contributed by atoms with Gasteiger partial charge >= 0.3 is 0 Å². The van der Waals surface area contributed by atoms with Crippen molar-refractivity contribution in [1.29, 1.82) is 0 Å². The highest BCUT2D eigenvalue weighted by atomic mass is 16.5. The maximum Gasteiger partial charge on any atom is 0.230 e. The summed E-state index contributed by atoms with van der Waals surface area (Å²) >= 11 is 0. The van der Waals surface area contributed by atoms with Gasteiger partial charge in [-0.1, -0.05) is 54.1 Å². The summed E-state index contributed by atoms with van der Waals surface area (Å²) in [5.74, 6) is 2.35. The van der Waals surface area contributed by atoms with Gasteiger partial charge in [0.25, 0.3) is 0 Å². The highest BCUT2D eigenvalue weighted by molar-refractivity contribution is 5.69. The van der Waals surface area contributed by atoms with E-state index in [1.54, 1.807) is 18.0 Å². The van der Waals surface area contributed by atoms with E-state index in [4.69, 9.17) is 29.6 Å². The highest BCUT2D eigenvalue weighted by Crippen LogP contribution is 2.49. The molecule has 38 heavy (non-hydrogen) atoms. The lowest BCUT2D eigenvalue weighted by atomic mass is 9.84. The molecule has 3 aromatic heterocycles. The standard InChI is InChI=1S/C30H24N6O2/c1-18-8-7-9-21(16-18)27-32-28-26-25(20-12-14-23(37-3)15-13-20)24-19(2)33-36(22-10-5-4-6-11-22)30(24)38-29(26)31-17-35(28)34-27/h4-17,25H,1-3H3. The maximum atomic E-state index is 6.51. The SMILES string of the molecule is COc1ccc(C2c3c(C)nn(-c4ccccc4)c3Oc3ncn4nc(-c5cccc(C)c5)nc4c32)cc1. The summed E-state index contributed by atoms with van der Waals surface area (Å²) in [6, 6.07) is 26.2. The summed E-state index contributed by atoms with van der Waals surface area (Å²) in [4.78, 5) is 9.69. The minimum Gasteiger partial charge on any atom is -0.497 e. The molecule has 0 spiro atoms. The summed E-state index contributed by atoms with van der Waals surface area (Å²) in [6.07, 6.45) is 1.66. The van der Waals surface area contributed by atoms with Crippen molar-refractivity contribution < 1.29 is 9.47 Å². The Hall–Kier alpha value is -4.98. The van der Waals surface area contributed by atoms with E-state index in [1.807, 2.05) is 66.2 Å². The predicted molar refractivity (Wildman–Crippen MR) is 143 cm³/mol. The fraction of sp³-hybridized carbons (Fsp3) is 0.133. The molecule has 3 aromatic carbocycles. The first-order valence-corrected chi connectivity index (χ1v) is 12.4. The van der Waals surface area contributed by atoms with Gasteiger partial charge in [-0.25, -0.2) is 19.2 Å². The summed E-state index contributed by atoms with van der Waals surface area (Å²) in [7, 11) is 1.67. The fourth-order valence-corrected chi connectivity index (χ4v) is 5.16. The summed E-state index contributed by atoms with van der Waals surface area (Å²) in [5.41, 5.74) is 7.47. The van der Waals surface area contributed by atoms with Crippen LogP contribution in [0.15, 0.2) is 85.2 Å². The zero-order valence-electron chi connectivity index (χ0n) is 21.2. The van der Waals surface area contributed by atoms with Crippen LogP contribution in [0.2, 0.25) is 0 Å². The van der Waals surface area contributed by atoms with Crippen LogP contribution in [0.4, 0.5) is 0 Å². The maximum absolute atomic E-state index is 6.51. The van der Waals surface area contributed by atoms with Crippen LogP contribution in [0.3, 0.4) is 0 Å². The summed E-state index contributed by atoms with van der Waals surface area (Å²) in [6.45, 7) is 4.07. The lowest BCUT2D eigenvalue weighted by molar-refractivity contribution is 0.402. The monoisotopic (exact) mass is 500 g/mol. The molecule has 0 N–H and O–H groups in total. The van der Waals surface area contributed by atoms with Gasteiger partial charge in [0.15, 0.2) is 11.5 Å². The first kappa shape index (κ1) is 22.2. The molecule has 186 valence electrons. The van der Waals surface area contributed by atoms with Gasteiger partial charge in [0.1, 0.15) is 12.1 Å². The van der Waals surface area contributed by atoms with Gasteiger partial charge in [-0.3, -0.25) is 0 Å². The number of fused-ring (bicyclic) bond motifs is 4. The van der Waals surface area contributed by atoms with Gasteiger partial charge in [-0.2, -0.15) is 5.10 Å². The van der Waals surface area contributed by atoms with Crippen molar-refractivity contribution in [1.82, 2.24) is 29.4 Å². The van der Waals surface area contributed by atoms with E-state index in [1.165, 1.54) is 0 Å². The van der Waals surface area contributed by atoms with Crippen molar-refractivity contribution in [3.8, 4) is 34.6 Å². The molecule has 6 aromatic rings. The van der Waals surface area contributed by atoms with Crippen LogP contribution < -0.4 is 9.47 Å². The molecule has 4 heterocycles. The molecule has 0 saturated carbocycles. The highest BCUT2D eigenvalue weighted by Gasteiger charge is 2.38. The van der Waals surface area contributed by atoms with Crippen molar-refractivity contribution in [2.75, 3.05) is 7.11 Å². The molecule has 8 heteroatoms. The first-order chi connectivity index (χ1) is 18.6. The van der Waals surface area contributed by atoms with Crippen LogP contribution in [0.5, 0.6) is 17.5 Å². The number of rotatable bonds is 4. The van der Waals surface area contributed by atoms with Gasteiger partial charge in [0.05, 0.1) is 35.5 Å². The minimum atomic E-state index is -0.220. The number of nitrogens with zero attached hydrogens (tertiary/aromatic N) is 6. The van der Waals surface area contributed by atoms with Crippen LogP contribution in [0.1, 0.15) is 33.9 Å². The lowest BCUT2D eigenvalue weighted by Crippen LogP contribution is -2.16. The number of hydrogen-bond acceptors (Lipinski definition) is 6. The van der Waals surface area contributed by atoms with Gasteiger partial charge in [-0.05, 0) is 49.7 Å². The van der Waals surface area contributed by atoms with Crippen LogP contribution in [-0.4, -0.2) is 36.5 Å². The van der Waals surface area contributed by atoms with E-state index in [9.17, 15) is 0 Å². The van der Waals surface area contributed by atoms with Gasteiger partial charge in [-0.15, -0.1) is 5.10 Å². The number of aryl methyl sites for hydroxylation is 2. The van der Waals surface area contributed by atoms with E-state index >= 15 is 0 Å². The smallest absolute Gasteiger partial charge is 0.230 e. The largest absolute Gasteiger partial charge is 0.497 e. The second kappa shape index (κ2) is 8.55. The quantitative estimate of drug-likeness (QED) is 0.300. The number of aromatic nitrogens is 6. The van der Waals surface area contributed by atoms with Crippen molar-refractivity contribution in [2.45, 2.75) is 19.8 Å². The minimum absolute atomic E-state index is 0.220. The van der Waals surface area contributed by atoms with Crippen molar-refractivity contribution in [3.63, 3.8) is 0 Å². The Balaban J connectivity index is 1.48. The van der Waals surface area contributed by atoms with Crippen molar-refractivity contribution >= 4 is 5.65 Å². The third-order valence-electron chi connectivity index (χ3n) is 6.95. The van der Waals surface area contributed by atoms with E-state index in [0.717, 1.165) is 44.9 Å². The molecule has 0 saturated heterocycles. The van der Waals surface area contributed by atoms with Crippen LogP contribution in [0, 0.1) is 13.8 Å². The van der Waals surface area contributed by atoms with Crippen molar-refractivity contribution in [2.24, 2.45) is 0 Å². The third kappa shape index (κ3) is 3.45. The Morgan fingerprint density at radius 2 is 1.68 bits per heavy atom. The number of para-hydroxylation sites is 1. The Bertz CT molecular complexity index is 1800. The average Bonchev–Trinajstić information content (AvgIpc) is 3.54. The summed E-state index contributed by atoms with van der Waals surface area (Å²) in [5, 5.41) is 9.66. The Morgan fingerprint density at radius 3 is 2.45 bits per heavy atom. The molecule has 0 bridgehead atoms. The average molecular weight is 501 g/mol. The van der Waals surface area contributed by atoms with Gasteiger partial charge < -0.3 is 9.47 Å². The molecule has 0 radical (unpaired) electrons. The molecular weight excluding hydrogens is 476 g/mol. The number of hydrogen-bond donors (Lipinski definition) is 0. The second-order valence-corrected chi connectivity index (χ2v) is 9.40. The summed E-state index contributed by atoms with van der Waals surface area (Å²) < 4.78 is 15.5. The van der Waals surface area contributed by atoms with E-state index in [-0.39, 0.29) is 5.92 Å². The molecule has 0 aliphatic carbocycles. The molecule has 1 aliphatic heterocycles. The first-order valence-electron chi connectivity index (χ1n) is 12.4. The van der Waals surface area contributed by atoms with Crippen LogP contribution in [-0.2, 0) is 0 Å². The number of methoxy groups -OCH3 is 1. The zero-order chi connectivity index (χ0) is 25.8. The van der Waals surface area contributed by atoms with Crippen LogP contribution >= 0.6 is 0 Å². The molecule has 8 nitrogen and oxygen atoms in total. The molecule has 0 amide bonds. The van der Waals surface area contributed by atoms with Gasteiger partial charge in [0.2, 0.25) is 11.8 Å². The zero-order valence-corrected chi connectivity index (χ0v) is 21.2. The van der Waals surface area contributed by atoms with Crippen molar-refractivity contribution in [3.05, 3.63) is 113 Å². The molecule has 1 atom stereocenters. The number of ether oxygens (including phenoxy) is 2. The number of benzene rings is 3. The Labute approximate surface area is 219 Å². The van der Waals surface area contributed by atoms with Crippen LogP contribution in [0.25, 0.3) is 22.7 Å². The second-order valence-electron chi connectivity index (χ2n) is 9.40. The molecule has 1 aliphatic rings. The topological polar surface area (TPSA) is 79.4 Å². The Morgan fingerprint density at radius 1 is 0.868 bits per heavy atom. The molecule has 1 unspecified atom stereocenters. The van der Waals surface area contributed by atoms with E-state index in [0.29, 0.717) is 23.2 Å². The molecular formula is C30H24N6O2. The molecule has 7 rings (SSSR count). The van der Waals surface area contributed by atoms with Gasteiger partial charge in [0, 0.05) is 5.56 Å². The molecule has 0 fully saturated rings. The van der Waals surface area contributed by atoms with E-state index < -0.39 is 0 Å². The lowest BCUT2D eigenvalue weighted by Gasteiger charge is -2.26. The normalized spacial score (nSPS) is 14.1.